The third-order valence-electron chi connectivity index (χ3n) is 4.14. The normalized spacial score (nSPS) is 30.9. The Morgan fingerprint density at radius 1 is 1.47 bits per heavy atom. The molecule has 2 rings (SSSR count). The second kappa shape index (κ2) is 4.29. The van der Waals surface area contributed by atoms with E-state index in [4.69, 9.17) is 0 Å². The fourth-order valence-electron chi connectivity index (χ4n) is 2.97. The number of allylic oxidation sites excluding steroid dienone is 1. The number of hydrogen-bond acceptors (Lipinski definition) is 1. The lowest BCUT2D eigenvalue weighted by molar-refractivity contribution is 0.435. The van der Waals surface area contributed by atoms with Gasteiger partial charge in [-0.15, -0.1) is 0 Å². The Labute approximate surface area is 94.3 Å². The van der Waals surface area contributed by atoms with Crippen LogP contribution in [0, 0.1) is 11.3 Å². The van der Waals surface area contributed by atoms with Gasteiger partial charge in [-0.2, -0.15) is 0 Å². The summed E-state index contributed by atoms with van der Waals surface area (Å²) in [5.74, 6) is 0.891. The van der Waals surface area contributed by atoms with Crippen molar-refractivity contribution in [1.82, 2.24) is 5.32 Å². The Kier molecular flexibility index (Phi) is 3.20. The summed E-state index contributed by atoms with van der Waals surface area (Å²) in [6.07, 6.45) is 9.36. The van der Waals surface area contributed by atoms with Gasteiger partial charge >= 0.3 is 0 Å². The van der Waals surface area contributed by atoms with Gasteiger partial charge in [-0.3, -0.25) is 0 Å². The predicted octanol–water partition coefficient (Wildman–Crippen LogP) is 3.51. The zero-order valence-corrected chi connectivity index (χ0v) is 10.5. The minimum Gasteiger partial charge on any atom is -0.310 e. The monoisotopic (exact) mass is 207 g/mol. The summed E-state index contributed by atoms with van der Waals surface area (Å²) in [6, 6.07) is 0.685. The molecule has 2 unspecified atom stereocenters. The molecular weight excluding hydrogens is 182 g/mol. The average molecular weight is 207 g/mol. The van der Waals surface area contributed by atoms with Crippen LogP contribution in [-0.4, -0.2) is 12.6 Å². The van der Waals surface area contributed by atoms with E-state index in [2.05, 4.69) is 32.2 Å². The molecule has 0 bridgehead atoms. The summed E-state index contributed by atoms with van der Waals surface area (Å²) < 4.78 is 0. The fraction of sp³-hybridized carbons (Fsp3) is 0.857. The molecule has 2 aliphatic carbocycles. The lowest BCUT2D eigenvalue weighted by atomic mass is 9.89. The molecule has 0 spiro atoms. The van der Waals surface area contributed by atoms with Gasteiger partial charge < -0.3 is 5.32 Å². The minimum atomic E-state index is 0.588. The summed E-state index contributed by atoms with van der Waals surface area (Å²) in [5, 5.41) is 3.70. The molecule has 1 N–H and O–H groups in total. The van der Waals surface area contributed by atoms with Crippen molar-refractivity contribution in [3.8, 4) is 0 Å². The third-order valence-corrected chi connectivity index (χ3v) is 4.14. The van der Waals surface area contributed by atoms with Crippen LogP contribution in [0.25, 0.3) is 0 Å². The smallest absolute Gasteiger partial charge is 0.0313 e. The Hall–Kier alpha value is -0.300. The van der Waals surface area contributed by atoms with Crippen molar-refractivity contribution < 1.29 is 0 Å². The first-order chi connectivity index (χ1) is 7.15. The van der Waals surface area contributed by atoms with Crippen LogP contribution in [0.15, 0.2) is 11.6 Å². The van der Waals surface area contributed by atoms with Crippen LogP contribution < -0.4 is 5.32 Å². The van der Waals surface area contributed by atoms with Gasteiger partial charge in [0.1, 0.15) is 0 Å². The van der Waals surface area contributed by atoms with Gasteiger partial charge in [-0.05, 0) is 50.0 Å². The Bertz CT molecular complexity index is 252. The fourth-order valence-corrected chi connectivity index (χ4v) is 2.97. The van der Waals surface area contributed by atoms with E-state index < -0.39 is 0 Å². The van der Waals surface area contributed by atoms with Gasteiger partial charge in [-0.1, -0.05) is 32.4 Å². The van der Waals surface area contributed by atoms with E-state index in [0.29, 0.717) is 11.5 Å². The first-order valence-electron chi connectivity index (χ1n) is 6.57. The standard InChI is InChI=1S/C14H25N/c1-4-15-13(12-10-14(12,2)3)11-8-6-5-7-9-11/h8,12-13,15H,4-7,9-10H2,1-3H3. The molecule has 0 aliphatic heterocycles. The van der Waals surface area contributed by atoms with Crippen molar-refractivity contribution in [1.29, 1.82) is 0 Å². The van der Waals surface area contributed by atoms with Gasteiger partial charge in [0, 0.05) is 6.04 Å². The van der Waals surface area contributed by atoms with Crippen LogP contribution in [0.2, 0.25) is 0 Å². The molecule has 86 valence electrons. The molecule has 0 heterocycles. The number of nitrogens with one attached hydrogen (secondary N) is 1. The van der Waals surface area contributed by atoms with E-state index >= 15 is 0 Å². The molecule has 2 atom stereocenters. The molecule has 0 radical (unpaired) electrons. The average Bonchev–Trinajstić information content (AvgIpc) is 2.85. The summed E-state index contributed by atoms with van der Waals surface area (Å²) >= 11 is 0. The van der Waals surface area contributed by atoms with E-state index in [-0.39, 0.29) is 0 Å². The zero-order valence-electron chi connectivity index (χ0n) is 10.5. The van der Waals surface area contributed by atoms with Crippen LogP contribution >= 0.6 is 0 Å². The number of likely N-dealkylation sites (N-methyl/N-ethyl adjacent to an activating group) is 1. The SMILES string of the molecule is CCNC(C1=CCCCC1)C1CC1(C)C. The van der Waals surface area contributed by atoms with Crippen LogP contribution in [0.3, 0.4) is 0 Å². The van der Waals surface area contributed by atoms with Crippen molar-refractivity contribution in [2.45, 2.75) is 58.9 Å². The summed E-state index contributed by atoms with van der Waals surface area (Å²) in [6.45, 7) is 8.15. The summed E-state index contributed by atoms with van der Waals surface area (Å²) in [4.78, 5) is 0. The highest BCUT2D eigenvalue weighted by molar-refractivity contribution is 5.20. The molecular formula is C14H25N. The molecule has 0 aromatic heterocycles. The highest BCUT2D eigenvalue weighted by Gasteiger charge is 2.50. The largest absolute Gasteiger partial charge is 0.310 e. The second-order valence-corrected chi connectivity index (χ2v) is 5.86. The molecule has 1 heteroatoms. The maximum absolute atomic E-state index is 3.70. The zero-order chi connectivity index (χ0) is 10.9. The molecule has 15 heavy (non-hydrogen) atoms. The summed E-state index contributed by atoms with van der Waals surface area (Å²) in [7, 11) is 0. The van der Waals surface area contributed by atoms with E-state index in [1.54, 1.807) is 5.57 Å². The lowest BCUT2D eigenvalue weighted by Crippen LogP contribution is -2.34. The van der Waals surface area contributed by atoms with E-state index in [1.165, 1.54) is 32.1 Å². The second-order valence-electron chi connectivity index (χ2n) is 5.86. The van der Waals surface area contributed by atoms with E-state index in [0.717, 1.165) is 12.5 Å². The Balaban J connectivity index is 2.03. The van der Waals surface area contributed by atoms with Crippen molar-refractivity contribution in [3.63, 3.8) is 0 Å². The lowest BCUT2D eigenvalue weighted by Gasteiger charge is -2.25. The van der Waals surface area contributed by atoms with Crippen molar-refractivity contribution >= 4 is 0 Å². The molecule has 0 aromatic rings. The Morgan fingerprint density at radius 3 is 2.67 bits per heavy atom. The van der Waals surface area contributed by atoms with Crippen LogP contribution in [0.1, 0.15) is 52.9 Å². The van der Waals surface area contributed by atoms with E-state index in [1.807, 2.05) is 0 Å². The van der Waals surface area contributed by atoms with Gasteiger partial charge in [-0.25, -0.2) is 0 Å². The van der Waals surface area contributed by atoms with Crippen molar-refractivity contribution in [2.24, 2.45) is 11.3 Å². The highest BCUT2D eigenvalue weighted by atomic mass is 14.9. The van der Waals surface area contributed by atoms with Gasteiger partial charge in [0.15, 0.2) is 0 Å². The molecule has 0 aromatic carbocycles. The van der Waals surface area contributed by atoms with Crippen molar-refractivity contribution in [3.05, 3.63) is 11.6 Å². The predicted molar refractivity (Wildman–Crippen MR) is 65.9 cm³/mol. The molecule has 1 nitrogen and oxygen atoms in total. The van der Waals surface area contributed by atoms with Crippen LogP contribution in [-0.2, 0) is 0 Å². The molecule has 1 fully saturated rings. The highest BCUT2D eigenvalue weighted by Crippen LogP contribution is 2.55. The van der Waals surface area contributed by atoms with Gasteiger partial charge in [0.05, 0.1) is 0 Å². The van der Waals surface area contributed by atoms with Gasteiger partial charge in [0.25, 0.3) is 0 Å². The number of hydrogen-bond donors (Lipinski definition) is 1. The first kappa shape index (κ1) is 11.2. The maximum Gasteiger partial charge on any atom is 0.0313 e. The quantitative estimate of drug-likeness (QED) is 0.696. The molecule has 0 amide bonds. The molecule has 1 saturated carbocycles. The van der Waals surface area contributed by atoms with Crippen molar-refractivity contribution in [2.75, 3.05) is 6.54 Å². The number of rotatable bonds is 4. The van der Waals surface area contributed by atoms with Crippen LogP contribution in [0.4, 0.5) is 0 Å². The maximum atomic E-state index is 3.70. The summed E-state index contributed by atoms with van der Waals surface area (Å²) in [5.41, 5.74) is 2.30. The topological polar surface area (TPSA) is 12.0 Å². The van der Waals surface area contributed by atoms with E-state index in [9.17, 15) is 0 Å². The minimum absolute atomic E-state index is 0.588. The third kappa shape index (κ3) is 2.44. The van der Waals surface area contributed by atoms with Gasteiger partial charge in [0.2, 0.25) is 0 Å². The first-order valence-corrected chi connectivity index (χ1v) is 6.57. The molecule has 0 saturated heterocycles. The molecule has 2 aliphatic rings. The Morgan fingerprint density at radius 2 is 2.20 bits per heavy atom. The van der Waals surface area contributed by atoms with Crippen LogP contribution in [0.5, 0.6) is 0 Å².